The van der Waals surface area contributed by atoms with Gasteiger partial charge in [-0.15, -0.1) is 0 Å². The highest BCUT2D eigenvalue weighted by atomic mass is 35.5. The van der Waals surface area contributed by atoms with Crippen molar-refractivity contribution in [1.82, 2.24) is 14.5 Å². The highest BCUT2D eigenvalue weighted by molar-refractivity contribution is 6.30. The molecule has 7 rings (SSSR count). The average molecular weight is 626 g/mol. The van der Waals surface area contributed by atoms with Gasteiger partial charge in [-0.1, -0.05) is 23.7 Å². The van der Waals surface area contributed by atoms with Gasteiger partial charge in [0.25, 0.3) is 0 Å². The van der Waals surface area contributed by atoms with Crippen LogP contribution in [0.4, 0.5) is 5.82 Å². The molecule has 12 heteroatoms. The van der Waals surface area contributed by atoms with Gasteiger partial charge in [-0.2, -0.15) is 5.26 Å². The number of methoxy groups -OCH3 is 1. The van der Waals surface area contributed by atoms with Gasteiger partial charge >= 0.3 is 5.82 Å². The number of ether oxygens (including phenoxy) is 4. The van der Waals surface area contributed by atoms with Crippen molar-refractivity contribution < 1.29 is 23.9 Å². The number of nitriles is 1. The average Bonchev–Trinajstić information content (AvgIpc) is 3.67. The Labute approximate surface area is 263 Å². The van der Waals surface area contributed by atoms with E-state index in [0.717, 1.165) is 46.7 Å². The summed E-state index contributed by atoms with van der Waals surface area (Å²) in [6.07, 6.45) is 4.50. The summed E-state index contributed by atoms with van der Waals surface area (Å²) in [7, 11) is 1.58. The molecule has 0 saturated heterocycles. The zero-order valence-corrected chi connectivity index (χ0v) is 25.3. The van der Waals surface area contributed by atoms with Crippen LogP contribution in [0.5, 0.6) is 23.0 Å². The number of imidazole rings is 1. The molecule has 0 saturated carbocycles. The molecule has 228 valence electrons. The van der Waals surface area contributed by atoms with Gasteiger partial charge in [0.1, 0.15) is 24.6 Å². The summed E-state index contributed by atoms with van der Waals surface area (Å²) in [5, 5.41) is 22.2. The van der Waals surface area contributed by atoms with Crippen LogP contribution in [0.1, 0.15) is 45.2 Å². The number of aromatic nitrogens is 2. The summed E-state index contributed by atoms with van der Waals surface area (Å²) >= 11 is 6.24. The van der Waals surface area contributed by atoms with E-state index in [9.17, 15) is 15.4 Å². The topological polar surface area (TPSA) is 125 Å². The number of hydrogen-bond acceptors (Lipinski definition) is 9. The van der Waals surface area contributed by atoms with Crippen molar-refractivity contribution in [2.24, 2.45) is 0 Å². The number of benzene rings is 3. The second-order valence-corrected chi connectivity index (χ2v) is 11.6. The number of allylic oxidation sites excluding steroid dienone is 1. The van der Waals surface area contributed by atoms with E-state index in [0.29, 0.717) is 35.3 Å². The lowest BCUT2D eigenvalue weighted by Crippen LogP contribution is -2.39. The molecule has 11 nitrogen and oxygen atoms in total. The minimum Gasteiger partial charge on any atom is -0.493 e. The minimum atomic E-state index is -0.573. The Morgan fingerprint density at radius 3 is 2.80 bits per heavy atom. The van der Waals surface area contributed by atoms with E-state index in [2.05, 4.69) is 28.1 Å². The van der Waals surface area contributed by atoms with Crippen molar-refractivity contribution in [2.75, 3.05) is 20.4 Å². The van der Waals surface area contributed by atoms with Crippen molar-refractivity contribution in [3.05, 3.63) is 103 Å². The first-order valence-corrected chi connectivity index (χ1v) is 14.8. The number of aryl methyl sites for hydroxylation is 1. The van der Waals surface area contributed by atoms with Crippen molar-refractivity contribution in [3.8, 4) is 29.1 Å². The number of nitrogens with zero attached hydrogens (tertiary/aromatic N) is 5. The van der Waals surface area contributed by atoms with Crippen LogP contribution in [0.15, 0.2) is 48.7 Å². The van der Waals surface area contributed by atoms with E-state index in [-0.39, 0.29) is 31.0 Å². The maximum Gasteiger partial charge on any atom is 0.382 e. The summed E-state index contributed by atoms with van der Waals surface area (Å²) in [6.45, 7) is 3.56. The number of nitro groups is 1. The summed E-state index contributed by atoms with van der Waals surface area (Å²) in [6, 6.07) is 15.8. The van der Waals surface area contributed by atoms with Crippen LogP contribution in [0.2, 0.25) is 5.02 Å². The largest absolute Gasteiger partial charge is 0.493 e. The van der Waals surface area contributed by atoms with Crippen molar-refractivity contribution in [3.63, 3.8) is 0 Å². The Hall–Kier alpha value is -5.05. The molecule has 45 heavy (non-hydrogen) atoms. The summed E-state index contributed by atoms with van der Waals surface area (Å²) in [5.41, 5.74) is 6.26. The van der Waals surface area contributed by atoms with Gasteiger partial charge in [-0.3, -0.25) is 9.47 Å². The molecule has 1 aromatic heterocycles. The molecular formula is C33H28ClN5O6. The van der Waals surface area contributed by atoms with E-state index in [1.54, 1.807) is 20.1 Å². The van der Waals surface area contributed by atoms with Gasteiger partial charge in [0.15, 0.2) is 23.0 Å². The van der Waals surface area contributed by atoms with Gasteiger partial charge in [-0.05, 0) is 87.0 Å². The number of halogens is 1. The summed E-state index contributed by atoms with van der Waals surface area (Å²) in [5.74, 6) is 2.67. The van der Waals surface area contributed by atoms with Crippen LogP contribution >= 0.6 is 11.6 Å². The first kappa shape index (κ1) is 28.7. The fourth-order valence-corrected chi connectivity index (χ4v) is 6.66. The zero-order valence-electron chi connectivity index (χ0n) is 24.6. The lowest BCUT2D eigenvalue weighted by molar-refractivity contribution is -0.389. The predicted octanol–water partition coefficient (Wildman–Crippen LogP) is 6.25. The lowest BCUT2D eigenvalue weighted by Gasteiger charge is -2.42. The van der Waals surface area contributed by atoms with Gasteiger partial charge in [0, 0.05) is 36.6 Å². The molecule has 0 bridgehead atoms. The van der Waals surface area contributed by atoms with E-state index in [1.165, 1.54) is 21.9 Å². The third-order valence-electron chi connectivity index (χ3n) is 8.57. The third kappa shape index (κ3) is 5.22. The maximum absolute atomic E-state index is 11.4. The zero-order chi connectivity index (χ0) is 31.2. The SMILES string of the molecule is COc1cc(/C=C(\C#N)n2cc([N+](=O)[O-])nc2C)c2c(c1OCc1cccc(Cl)c1)CN1CCc3cc4c(cc3C1C2)OCO4. The Morgan fingerprint density at radius 1 is 1.24 bits per heavy atom. The fraction of sp³-hybridized carbons (Fsp3) is 0.273. The van der Waals surface area contributed by atoms with Crippen molar-refractivity contribution in [2.45, 2.75) is 39.0 Å². The number of rotatable bonds is 7. The van der Waals surface area contributed by atoms with Crippen LogP contribution in [0.3, 0.4) is 0 Å². The molecule has 0 fully saturated rings. The second kappa shape index (κ2) is 11.5. The van der Waals surface area contributed by atoms with Gasteiger partial charge in [0.05, 0.1) is 7.11 Å². The molecule has 3 aliphatic heterocycles. The molecule has 3 aliphatic rings. The molecule has 4 aromatic rings. The Kier molecular flexibility index (Phi) is 7.31. The van der Waals surface area contributed by atoms with Crippen molar-refractivity contribution in [1.29, 1.82) is 5.26 Å². The molecule has 3 aromatic carbocycles. The normalized spacial score (nSPS) is 16.8. The summed E-state index contributed by atoms with van der Waals surface area (Å²) in [4.78, 5) is 17.3. The smallest absolute Gasteiger partial charge is 0.382 e. The van der Waals surface area contributed by atoms with Crippen LogP contribution in [-0.4, -0.2) is 39.8 Å². The van der Waals surface area contributed by atoms with E-state index in [4.69, 9.17) is 30.5 Å². The lowest BCUT2D eigenvalue weighted by atomic mass is 9.81. The quantitative estimate of drug-likeness (QED) is 0.133. The van der Waals surface area contributed by atoms with Gasteiger partial charge in [-0.25, -0.2) is 0 Å². The molecule has 0 aliphatic carbocycles. The molecule has 0 radical (unpaired) electrons. The molecule has 0 spiro atoms. The molecule has 4 heterocycles. The van der Waals surface area contributed by atoms with Crippen molar-refractivity contribution >= 4 is 29.2 Å². The van der Waals surface area contributed by atoms with E-state index < -0.39 is 4.92 Å². The van der Waals surface area contributed by atoms with Crippen LogP contribution < -0.4 is 18.9 Å². The molecule has 0 amide bonds. The first-order chi connectivity index (χ1) is 21.8. The van der Waals surface area contributed by atoms with Crippen LogP contribution in [0.25, 0.3) is 11.8 Å². The van der Waals surface area contributed by atoms with Crippen LogP contribution in [0, 0.1) is 28.4 Å². The fourth-order valence-electron chi connectivity index (χ4n) is 6.44. The van der Waals surface area contributed by atoms with Crippen LogP contribution in [-0.2, 0) is 26.0 Å². The summed E-state index contributed by atoms with van der Waals surface area (Å²) < 4.78 is 25.2. The van der Waals surface area contributed by atoms with Gasteiger partial charge in [0.2, 0.25) is 12.6 Å². The Balaban J connectivity index is 1.36. The minimum absolute atomic E-state index is 0.0543. The Bertz CT molecular complexity index is 1930. The van der Waals surface area contributed by atoms with E-state index >= 15 is 0 Å². The molecule has 1 atom stereocenters. The first-order valence-electron chi connectivity index (χ1n) is 14.4. The Morgan fingerprint density at radius 2 is 2.07 bits per heavy atom. The monoisotopic (exact) mass is 625 g/mol. The highest BCUT2D eigenvalue weighted by Gasteiger charge is 2.37. The predicted molar refractivity (Wildman–Crippen MR) is 165 cm³/mol. The van der Waals surface area contributed by atoms with Gasteiger partial charge < -0.3 is 29.1 Å². The molecule has 1 unspecified atom stereocenters. The molecule has 0 N–H and O–H groups in total. The maximum atomic E-state index is 11.4. The standard InChI is InChI=1S/C33H28ClN5O6/c1-19-36-32(39(40)41)16-38(19)24(14-35)9-22-11-31(42-2)33(43-17-20-4-3-5-23(34)8-20)27-15-37-7-6-21-10-29-30(45-18-44-29)13-26(21)28(37)12-25(22)27/h3-5,8-11,13,16,28H,6-7,12,15,17-18H2,1-2H3/b24-9+. The number of fused-ring (bicyclic) bond motifs is 5. The number of hydrogen-bond donors (Lipinski definition) is 0. The third-order valence-corrected chi connectivity index (χ3v) is 8.81. The highest BCUT2D eigenvalue weighted by Crippen LogP contribution is 2.48. The second-order valence-electron chi connectivity index (χ2n) is 11.1. The van der Waals surface area contributed by atoms with E-state index in [1.807, 2.05) is 30.3 Å². The molecular weight excluding hydrogens is 598 g/mol.